The first-order valence-electron chi connectivity index (χ1n) is 7.75. The molecule has 0 aliphatic carbocycles. The van der Waals surface area contributed by atoms with Crippen LogP contribution in [-0.2, 0) is 9.53 Å². The fourth-order valence-corrected chi connectivity index (χ4v) is 3.01. The van der Waals surface area contributed by atoms with E-state index < -0.39 is 10.9 Å². The van der Waals surface area contributed by atoms with Crippen molar-refractivity contribution >= 4 is 35.0 Å². The molecule has 1 amide bonds. The molecule has 0 saturated carbocycles. The Kier molecular flexibility index (Phi) is 6.74. The van der Waals surface area contributed by atoms with Crippen molar-refractivity contribution in [3.8, 4) is 0 Å². The zero-order valence-corrected chi connectivity index (χ0v) is 15.1. The molecular formula is C18H18N2O5S. The maximum absolute atomic E-state index is 12.1. The van der Waals surface area contributed by atoms with Crippen LogP contribution in [0.1, 0.15) is 28.1 Å². The van der Waals surface area contributed by atoms with E-state index in [0.717, 1.165) is 5.56 Å². The number of nitro benzene ring substituents is 1. The number of nitrogens with zero attached hydrogens (tertiary/aromatic N) is 1. The van der Waals surface area contributed by atoms with Crippen molar-refractivity contribution in [2.75, 3.05) is 18.2 Å². The predicted octanol–water partition coefficient (Wildman–Crippen LogP) is 3.81. The van der Waals surface area contributed by atoms with Crippen LogP contribution in [0.3, 0.4) is 0 Å². The molecule has 0 aromatic heterocycles. The highest BCUT2D eigenvalue weighted by atomic mass is 32.2. The second kappa shape index (κ2) is 9.00. The van der Waals surface area contributed by atoms with Gasteiger partial charge < -0.3 is 10.1 Å². The van der Waals surface area contributed by atoms with Crippen LogP contribution in [0.15, 0.2) is 48.5 Å². The van der Waals surface area contributed by atoms with Gasteiger partial charge in [-0.3, -0.25) is 14.9 Å². The number of carbonyl (C=O) groups is 2. The van der Waals surface area contributed by atoms with Crippen molar-refractivity contribution in [3.63, 3.8) is 0 Å². The summed E-state index contributed by atoms with van der Waals surface area (Å²) in [6.07, 6.45) is 0. The summed E-state index contributed by atoms with van der Waals surface area (Å²) in [6, 6.07) is 12.8. The highest BCUT2D eigenvalue weighted by molar-refractivity contribution is 8.00. The number of anilines is 1. The first-order valence-corrected chi connectivity index (χ1v) is 8.79. The molecule has 0 aliphatic heterocycles. The second-order valence-electron chi connectivity index (χ2n) is 5.42. The van der Waals surface area contributed by atoms with Crippen LogP contribution in [0.2, 0.25) is 0 Å². The number of esters is 1. The lowest BCUT2D eigenvalue weighted by atomic mass is 10.1. The molecule has 0 radical (unpaired) electrons. The van der Waals surface area contributed by atoms with Crippen molar-refractivity contribution < 1.29 is 19.2 Å². The van der Waals surface area contributed by atoms with Gasteiger partial charge in [-0.15, -0.1) is 11.8 Å². The summed E-state index contributed by atoms with van der Waals surface area (Å²) < 4.78 is 4.62. The Labute approximate surface area is 154 Å². The van der Waals surface area contributed by atoms with Gasteiger partial charge in [0.05, 0.1) is 23.3 Å². The lowest BCUT2D eigenvalue weighted by Gasteiger charge is -2.12. The molecule has 0 spiro atoms. The Morgan fingerprint density at radius 2 is 1.92 bits per heavy atom. The zero-order valence-electron chi connectivity index (χ0n) is 14.3. The highest BCUT2D eigenvalue weighted by Crippen LogP contribution is 2.30. The standard InChI is InChI=1S/C18H18N2O5S/c1-12(14-4-3-5-16(10-14)20(23)24)26-11-17(21)19-15-8-6-13(7-9-15)18(22)25-2/h3-10,12H,11H2,1-2H3,(H,19,21)/t12-/m1/s1. The predicted molar refractivity (Wildman–Crippen MR) is 100 cm³/mol. The molecule has 7 nitrogen and oxygen atoms in total. The molecule has 0 aliphatic rings. The van der Waals surface area contributed by atoms with E-state index in [1.54, 1.807) is 36.4 Å². The molecule has 26 heavy (non-hydrogen) atoms. The van der Waals surface area contributed by atoms with E-state index in [9.17, 15) is 19.7 Å². The third kappa shape index (κ3) is 5.32. The number of rotatable bonds is 7. The van der Waals surface area contributed by atoms with Gasteiger partial charge in [0.25, 0.3) is 5.69 Å². The molecule has 0 heterocycles. The van der Waals surface area contributed by atoms with Crippen LogP contribution in [0.5, 0.6) is 0 Å². The van der Waals surface area contributed by atoms with Gasteiger partial charge in [0.1, 0.15) is 0 Å². The maximum atomic E-state index is 12.1. The van der Waals surface area contributed by atoms with E-state index in [1.165, 1.54) is 31.0 Å². The quantitative estimate of drug-likeness (QED) is 0.449. The fraction of sp³-hybridized carbons (Fsp3) is 0.222. The summed E-state index contributed by atoms with van der Waals surface area (Å²) in [5, 5.41) is 13.5. The Balaban J connectivity index is 1.89. The minimum absolute atomic E-state index is 0.0325. The van der Waals surface area contributed by atoms with Gasteiger partial charge in [-0.1, -0.05) is 12.1 Å². The van der Waals surface area contributed by atoms with E-state index in [2.05, 4.69) is 10.1 Å². The average Bonchev–Trinajstić information content (AvgIpc) is 2.66. The van der Waals surface area contributed by atoms with Gasteiger partial charge >= 0.3 is 5.97 Å². The molecular weight excluding hydrogens is 356 g/mol. The molecule has 2 aromatic rings. The average molecular weight is 374 g/mol. The largest absolute Gasteiger partial charge is 0.465 e. The minimum Gasteiger partial charge on any atom is -0.465 e. The van der Waals surface area contributed by atoms with Crippen molar-refractivity contribution in [1.29, 1.82) is 0 Å². The van der Waals surface area contributed by atoms with Crippen LogP contribution in [0.4, 0.5) is 11.4 Å². The fourth-order valence-electron chi connectivity index (χ4n) is 2.19. The van der Waals surface area contributed by atoms with Gasteiger partial charge in [-0.25, -0.2) is 4.79 Å². The minimum atomic E-state index is -0.441. The smallest absolute Gasteiger partial charge is 0.337 e. The van der Waals surface area contributed by atoms with E-state index in [-0.39, 0.29) is 22.6 Å². The highest BCUT2D eigenvalue weighted by Gasteiger charge is 2.13. The number of non-ortho nitro benzene ring substituents is 1. The number of benzene rings is 2. The number of ether oxygens (including phenoxy) is 1. The first kappa shape index (κ1) is 19.5. The van der Waals surface area contributed by atoms with E-state index in [0.29, 0.717) is 11.3 Å². The summed E-state index contributed by atoms with van der Waals surface area (Å²) in [4.78, 5) is 33.8. The van der Waals surface area contributed by atoms with Crippen LogP contribution < -0.4 is 5.32 Å². The zero-order chi connectivity index (χ0) is 19.1. The monoisotopic (exact) mass is 374 g/mol. The van der Waals surface area contributed by atoms with Crippen molar-refractivity contribution in [1.82, 2.24) is 0 Å². The summed E-state index contributed by atoms with van der Waals surface area (Å²) in [6.45, 7) is 1.89. The van der Waals surface area contributed by atoms with Crippen LogP contribution >= 0.6 is 11.8 Å². The van der Waals surface area contributed by atoms with Crippen LogP contribution in [0.25, 0.3) is 0 Å². The number of nitro groups is 1. The van der Waals surface area contributed by atoms with E-state index in [4.69, 9.17) is 0 Å². The summed E-state index contributed by atoms with van der Waals surface area (Å²) in [5.74, 6) is -0.440. The van der Waals surface area contributed by atoms with Crippen molar-refractivity contribution in [2.24, 2.45) is 0 Å². The van der Waals surface area contributed by atoms with Gasteiger partial charge in [-0.2, -0.15) is 0 Å². The first-order chi connectivity index (χ1) is 12.4. The number of nitrogens with one attached hydrogen (secondary N) is 1. The number of carbonyl (C=O) groups excluding carboxylic acids is 2. The summed E-state index contributed by atoms with van der Waals surface area (Å²) >= 11 is 1.38. The Morgan fingerprint density at radius 1 is 1.23 bits per heavy atom. The molecule has 0 unspecified atom stereocenters. The molecule has 8 heteroatoms. The molecule has 1 N–H and O–H groups in total. The number of thioether (sulfide) groups is 1. The number of hydrogen-bond acceptors (Lipinski definition) is 6. The van der Waals surface area contributed by atoms with Gasteiger partial charge in [0.15, 0.2) is 0 Å². The number of methoxy groups -OCH3 is 1. The Morgan fingerprint density at radius 3 is 2.54 bits per heavy atom. The molecule has 136 valence electrons. The number of amides is 1. The van der Waals surface area contributed by atoms with Crippen LogP contribution in [-0.4, -0.2) is 29.7 Å². The van der Waals surface area contributed by atoms with E-state index >= 15 is 0 Å². The Hall–Kier alpha value is -2.87. The van der Waals surface area contributed by atoms with Crippen molar-refractivity contribution in [2.45, 2.75) is 12.2 Å². The summed E-state index contributed by atoms with van der Waals surface area (Å²) in [7, 11) is 1.30. The lowest BCUT2D eigenvalue weighted by molar-refractivity contribution is -0.384. The Bertz CT molecular complexity index is 807. The third-order valence-electron chi connectivity index (χ3n) is 3.60. The molecule has 2 rings (SSSR count). The van der Waals surface area contributed by atoms with Crippen molar-refractivity contribution in [3.05, 3.63) is 69.8 Å². The van der Waals surface area contributed by atoms with Crippen LogP contribution in [0, 0.1) is 10.1 Å². The molecule has 0 bridgehead atoms. The molecule has 0 fully saturated rings. The normalized spacial score (nSPS) is 11.5. The SMILES string of the molecule is COC(=O)c1ccc(NC(=O)CS[C@H](C)c2cccc([N+](=O)[O-])c2)cc1. The third-order valence-corrected chi connectivity index (χ3v) is 4.81. The number of hydrogen-bond donors (Lipinski definition) is 1. The lowest BCUT2D eigenvalue weighted by Crippen LogP contribution is -2.15. The maximum Gasteiger partial charge on any atom is 0.337 e. The van der Waals surface area contributed by atoms with Gasteiger partial charge in [0, 0.05) is 23.1 Å². The van der Waals surface area contributed by atoms with Gasteiger partial charge in [0.2, 0.25) is 5.91 Å². The molecule has 2 aromatic carbocycles. The van der Waals surface area contributed by atoms with Gasteiger partial charge in [-0.05, 0) is 36.8 Å². The molecule has 1 atom stereocenters. The summed E-state index contributed by atoms with van der Waals surface area (Å²) in [5.41, 5.74) is 1.80. The topological polar surface area (TPSA) is 98.5 Å². The molecule has 0 saturated heterocycles. The second-order valence-corrected chi connectivity index (χ2v) is 6.75. The van der Waals surface area contributed by atoms with E-state index in [1.807, 2.05) is 6.92 Å².